The van der Waals surface area contributed by atoms with Crippen molar-refractivity contribution in [1.29, 1.82) is 0 Å². The van der Waals surface area contributed by atoms with Gasteiger partial charge in [-0.15, -0.1) is 24.9 Å². The lowest BCUT2D eigenvalue weighted by Crippen LogP contribution is -2.24. The van der Waals surface area contributed by atoms with Gasteiger partial charge in [0, 0.05) is 17.9 Å². The minimum absolute atomic E-state index is 0.00157. The van der Waals surface area contributed by atoms with Crippen LogP contribution < -0.4 is 15.6 Å². The van der Waals surface area contributed by atoms with E-state index in [1.807, 2.05) is 25.1 Å². The van der Waals surface area contributed by atoms with Crippen LogP contribution in [0.5, 0.6) is 5.75 Å². The largest absolute Gasteiger partial charge is 0.573 e. The average Bonchev–Trinajstić information content (AvgIpc) is 3.21. The first-order valence-corrected chi connectivity index (χ1v) is 11.8. The Morgan fingerprint density at radius 1 is 1.24 bits per heavy atom. The van der Waals surface area contributed by atoms with Crippen LogP contribution in [-0.2, 0) is 11.2 Å². The molecule has 0 saturated heterocycles. The average molecular weight is 494 g/mol. The van der Waals surface area contributed by atoms with Crippen molar-refractivity contribution in [2.24, 2.45) is 0 Å². The van der Waals surface area contributed by atoms with Crippen LogP contribution >= 0.6 is 23.5 Å². The number of aryl methyl sites for hydroxylation is 2. The topological polar surface area (TPSA) is 73.2 Å². The molecule has 0 aliphatic carbocycles. The van der Waals surface area contributed by atoms with E-state index in [1.54, 1.807) is 6.07 Å². The van der Waals surface area contributed by atoms with E-state index in [4.69, 9.17) is 0 Å². The Morgan fingerprint density at radius 2 is 2.00 bits per heavy atom. The number of halogens is 3. The van der Waals surface area contributed by atoms with Crippen LogP contribution in [-0.4, -0.2) is 33.3 Å². The third kappa shape index (κ3) is 5.72. The van der Waals surface area contributed by atoms with Gasteiger partial charge in [0.1, 0.15) is 5.75 Å². The van der Waals surface area contributed by atoms with Crippen molar-refractivity contribution in [2.75, 3.05) is 16.8 Å². The lowest BCUT2D eigenvalue weighted by atomic mass is 10.2. The molecule has 0 bridgehead atoms. The van der Waals surface area contributed by atoms with E-state index in [0.29, 0.717) is 33.5 Å². The number of thioether (sulfide) groups is 2. The van der Waals surface area contributed by atoms with Crippen LogP contribution in [0.25, 0.3) is 5.69 Å². The summed E-state index contributed by atoms with van der Waals surface area (Å²) in [5, 5.41) is 3.10. The van der Waals surface area contributed by atoms with Gasteiger partial charge >= 0.3 is 6.36 Å². The van der Waals surface area contributed by atoms with E-state index >= 15 is 0 Å². The summed E-state index contributed by atoms with van der Waals surface area (Å²) < 4.78 is 42.6. The minimum Gasteiger partial charge on any atom is -0.406 e. The monoisotopic (exact) mass is 493 g/mol. The summed E-state index contributed by atoms with van der Waals surface area (Å²) in [6.07, 6.45) is -4.17. The van der Waals surface area contributed by atoms with Crippen molar-refractivity contribution in [2.45, 2.75) is 29.8 Å². The number of alkyl halides is 3. The van der Waals surface area contributed by atoms with Crippen molar-refractivity contribution >= 4 is 35.1 Å². The summed E-state index contributed by atoms with van der Waals surface area (Å²) in [7, 11) is 0. The standard InChI is InChI=1S/C22H18F3N3O3S2/c1-13-3-2-4-14(11-13)26-18(29)12-33-21-27-17-9-10-32-19(17)20(30)28(21)15-5-7-16(8-6-15)31-22(23,24)25/h2-8,11H,9-10,12H2,1H3,(H,26,29). The number of hydrogen-bond donors (Lipinski definition) is 1. The highest BCUT2D eigenvalue weighted by Crippen LogP contribution is 2.31. The second-order valence-corrected chi connectivity index (χ2v) is 9.20. The number of carbonyl (C=O) groups is 1. The predicted molar refractivity (Wildman–Crippen MR) is 121 cm³/mol. The number of amides is 1. The lowest BCUT2D eigenvalue weighted by molar-refractivity contribution is -0.274. The van der Waals surface area contributed by atoms with Gasteiger partial charge in [0.15, 0.2) is 5.16 Å². The first-order chi connectivity index (χ1) is 15.7. The van der Waals surface area contributed by atoms with Gasteiger partial charge in [0.05, 0.1) is 22.0 Å². The molecule has 1 N–H and O–H groups in total. The molecule has 4 rings (SSSR count). The molecule has 3 aromatic rings. The Labute approximate surface area is 195 Å². The summed E-state index contributed by atoms with van der Waals surface area (Å²) >= 11 is 2.48. The Kier molecular flexibility index (Phi) is 6.71. The van der Waals surface area contributed by atoms with Gasteiger partial charge in [-0.25, -0.2) is 4.98 Å². The second-order valence-electron chi connectivity index (χ2n) is 7.16. The molecule has 1 amide bonds. The van der Waals surface area contributed by atoms with E-state index in [9.17, 15) is 22.8 Å². The molecular weight excluding hydrogens is 475 g/mol. The molecule has 0 atom stereocenters. The minimum atomic E-state index is -4.81. The number of benzene rings is 2. The van der Waals surface area contributed by atoms with Crippen molar-refractivity contribution in [3.05, 3.63) is 70.1 Å². The highest BCUT2D eigenvalue weighted by atomic mass is 32.2. The molecule has 1 aliphatic heterocycles. The zero-order valence-corrected chi connectivity index (χ0v) is 18.9. The van der Waals surface area contributed by atoms with Gasteiger partial charge in [-0.3, -0.25) is 14.2 Å². The molecule has 11 heteroatoms. The number of fused-ring (bicyclic) bond motifs is 1. The predicted octanol–water partition coefficient (Wildman–Crippen LogP) is 4.82. The lowest BCUT2D eigenvalue weighted by Gasteiger charge is -2.15. The number of nitrogens with zero attached hydrogens (tertiary/aromatic N) is 2. The smallest absolute Gasteiger partial charge is 0.406 e. The summed E-state index contributed by atoms with van der Waals surface area (Å²) in [6.45, 7) is 1.92. The quantitative estimate of drug-likeness (QED) is 0.392. The molecule has 1 aliphatic rings. The SMILES string of the molecule is Cc1cccc(NC(=O)CSc2nc3c(c(=O)n2-c2ccc(OC(F)(F)F)cc2)SCC3)c1. The Bertz CT molecular complexity index is 1240. The van der Waals surface area contributed by atoms with Gasteiger partial charge in [-0.2, -0.15) is 0 Å². The zero-order valence-electron chi connectivity index (χ0n) is 17.3. The number of rotatable bonds is 6. The van der Waals surface area contributed by atoms with E-state index in [0.717, 1.165) is 35.2 Å². The number of aromatic nitrogens is 2. The molecule has 2 heterocycles. The van der Waals surface area contributed by atoms with Crippen LogP contribution in [0.3, 0.4) is 0 Å². The summed E-state index contributed by atoms with van der Waals surface area (Å²) in [6, 6.07) is 12.3. The van der Waals surface area contributed by atoms with Crippen LogP contribution in [0.4, 0.5) is 18.9 Å². The van der Waals surface area contributed by atoms with Gasteiger partial charge < -0.3 is 10.1 Å². The molecular formula is C22H18F3N3O3S2. The molecule has 1 aromatic heterocycles. The maximum absolute atomic E-state index is 13.1. The Hall–Kier alpha value is -2.92. The summed E-state index contributed by atoms with van der Waals surface area (Å²) in [5.41, 5.74) is 2.36. The second kappa shape index (κ2) is 9.52. The molecule has 0 fully saturated rings. The fraction of sp³-hybridized carbons (Fsp3) is 0.227. The van der Waals surface area contributed by atoms with Gasteiger partial charge in [-0.05, 0) is 48.9 Å². The molecule has 2 aromatic carbocycles. The van der Waals surface area contributed by atoms with Crippen molar-refractivity contribution in [3.8, 4) is 11.4 Å². The fourth-order valence-electron chi connectivity index (χ4n) is 3.26. The third-order valence-electron chi connectivity index (χ3n) is 4.63. The van der Waals surface area contributed by atoms with Crippen molar-refractivity contribution in [3.63, 3.8) is 0 Å². The number of carbonyl (C=O) groups excluding carboxylic acids is 1. The Balaban J connectivity index is 1.59. The highest BCUT2D eigenvalue weighted by Gasteiger charge is 2.31. The number of nitrogens with one attached hydrogen (secondary N) is 1. The number of ether oxygens (including phenoxy) is 1. The van der Waals surface area contributed by atoms with E-state index in [1.165, 1.54) is 28.5 Å². The number of hydrogen-bond acceptors (Lipinski definition) is 6. The van der Waals surface area contributed by atoms with Crippen LogP contribution in [0.1, 0.15) is 11.3 Å². The van der Waals surface area contributed by atoms with E-state index in [-0.39, 0.29) is 17.2 Å². The fourth-order valence-corrected chi connectivity index (χ4v) is 5.12. The highest BCUT2D eigenvalue weighted by molar-refractivity contribution is 8.00. The maximum Gasteiger partial charge on any atom is 0.573 e. The van der Waals surface area contributed by atoms with Crippen LogP contribution in [0.2, 0.25) is 0 Å². The molecule has 33 heavy (non-hydrogen) atoms. The Morgan fingerprint density at radius 3 is 2.70 bits per heavy atom. The van der Waals surface area contributed by atoms with Gasteiger partial charge in [0.2, 0.25) is 5.91 Å². The molecule has 0 spiro atoms. The van der Waals surface area contributed by atoms with E-state index in [2.05, 4.69) is 15.0 Å². The van der Waals surface area contributed by atoms with Crippen molar-refractivity contribution in [1.82, 2.24) is 9.55 Å². The molecule has 0 radical (unpaired) electrons. The van der Waals surface area contributed by atoms with Gasteiger partial charge in [0.25, 0.3) is 5.56 Å². The third-order valence-corrected chi connectivity index (χ3v) is 6.68. The summed E-state index contributed by atoms with van der Waals surface area (Å²) in [4.78, 5) is 30.7. The number of anilines is 1. The van der Waals surface area contributed by atoms with Crippen LogP contribution in [0.15, 0.2) is 63.4 Å². The molecule has 6 nitrogen and oxygen atoms in total. The molecule has 0 unspecified atom stereocenters. The summed E-state index contributed by atoms with van der Waals surface area (Å²) in [5.74, 6) is 0.0594. The molecule has 172 valence electrons. The first-order valence-electron chi connectivity index (χ1n) is 9.84. The van der Waals surface area contributed by atoms with Gasteiger partial charge in [-0.1, -0.05) is 23.9 Å². The van der Waals surface area contributed by atoms with Crippen LogP contribution in [0, 0.1) is 6.92 Å². The maximum atomic E-state index is 13.1. The molecule has 0 saturated carbocycles. The van der Waals surface area contributed by atoms with Crippen molar-refractivity contribution < 1.29 is 22.7 Å². The zero-order chi connectivity index (χ0) is 23.6. The first kappa shape index (κ1) is 23.2. The van der Waals surface area contributed by atoms with E-state index < -0.39 is 12.1 Å². The normalized spacial score (nSPS) is 13.0.